The Morgan fingerprint density at radius 1 is 1.20 bits per heavy atom. The zero-order chi connectivity index (χ0) is 11.6. The van der Waals surface area contributed by atoms with E-state index in [9.17, 15) is 9.59 Å². The summed E-state index contributed by atoms with van der Waals surface area (Å²) in [6.45, 7) is 2.77. The number of nitrogen functional groups attached to an aromatic ring is 1. The van der Waals surface area contributed by atoms with Gasteiger partial charge in [-0.25, -0.2) is 0 Å². The van der Waals surface area contributed by atoms with Crippen LogP contribution in [-0.4, -0.2) is 11.6 Å². The molecule has 0 unspecified atom stereocenters. The summed E-state index contributed by atoms with van der Waals surface area (Å²) in [4.78, 5) is 22.6. The number of rotatable bonds is 2. The molecule has 0 aliphatic heterocycles. The molecule has 1 aromatic rings. The number of hydrogen-bond acceptors (Lipinski definition) is 3. The number of terminal acetylenes is 1. The van der Waals surface area contributed by atoms with Gasteiger partial charge in [-0.2, -0.15) is 0 Å². The monoisotopic (exact) mass is 201 g/mol. The van der Waals surface area contributed by atoms with E-state index >= 15 is 0 Å². The Morgan fingerprint density at radius 3 is 2.07 bits per heavy atom. The molecule has 0 amide bonds. The van der Waals surface area contributed by atoms with Gasteiger partial charge in [0.15, 0.2) is 11.6 Å². The number of Topliss-reactive ketones (excluding diaryl/α,β-unsaturated/α-hetero) is 2. The summed E-state index contributed by atoms with van der Waals surface area (Å²) in [5, 5.41) is 0. The van der Waals surface area contributed by atoms with E-state index < -0.39 is 0 Å². The van der Waals surface area contributed by atoms with Crippen molar-refractivity contribution in [2.45, 2.75) is 13.8 Å². The Balaban J connectivity index is 3.54. The van der Waals surface area contributed by atoms with Gasteiger partial charge in [-0.1, -0.05) is 5.92 Å². The van der Waals surface area contributed by atoms with E-state index in [2.05, 4.69) is 5.92 Å². The molecule has 0 radical (unpaired) electrons. The zero-order valence-corrected chi connectivity index (χ0v) is 8.63. The molecule has 1 rings (SSSR count). The topological polar surface area (TPSA) is 60.2 Å². The lowest BCUT2D eigenvalue weighted by Crippen LogP contribution is -2.06. The predicted molar refractivity (Wildman–Crippen MR) is 58.8 cm³/mol. The van der Waals surface area contributed by atoms with Crippen LogP contribution >= 0.6 is 0 Å². The van der Waals surface area contributed by atoms with Crippen LogP contribution in [0.3, 0.4) is 0 Å². The molecule has 76 valence electrons. The fourth-order valence-electron chi connectivity index (χ4n) is 1.32. The molecule has 2 N–H and O–H groups in total. The van der Waals surface area contributed by atoms with Gasteiger partial charge in [0, 0.05) is 22.4 Å². The molecule has 0 aliphatic carbocycles. The van der Waals surface area contributed by atoms with Crippen LogP contribution in [0.1, 0.15) is 40.1 Å². The minimum absolute atomic E-state index is 0.198. The Labute approximate surface area is 88.3 Å². The van der Waals surface area contributed by atoms with Gasteiger partial charge in [-0.15, -0.1) is 6.42 Å². The lowest BCUT2D eigenvalue weighted by molar-refractivity contribution is 0.0981. The van der Waals surface area contributed by atoms with Crippen LogP contribution in [0.25, 0.3) is 0 Å². The SMILES string of the molecule is C#Cc1cc(C(C)=O)c(C(C)=O)cc1N. The van der Waals surface area contributed by atoms with E-state index in [0.717, 1.165) is 0 Å². The lowest BCUT2D eigenvalue weighted by atomic mass is 9.97. The van der Waals surface area contributed by atoms with Gasteiger partial charge in [0.25, 0.3) is 0 Å². The van der Waals surface area contributed by atoms with E-state index in [1.807, 2.05) is 0 Å². The molecular weight excluding hydrogens is 190 g/mol. The first-order valence-corrected chi connectivity index (χ1v) is 4.39. The fourth-order valence-corrected chi connectivity index (χ4v) is 1.32. The third-order valence-corrected chi connectivity index (χ3v) is 2.10. The average molecular weight is 201 g/mol. The maximum absolute atomic E-state index is 11.3. The number of carbonyl (C=O) groups is 2. The van der Waals surface area contributed by atoms with Crippen molar-refractivity contribution in [1.29, 1.82) is 0 Å². The molecule has 0 atom stereocenters. The number of ketones is 2. The molecule has 0 fully saturated rings. The molecule has 15 heavy (non-hydrogen) atoms. The predicted octanol–water partition coefficient (Wildman–Crippen LogP) is 1.66. The highest BCUT2D eigenvalue weighted by atomic mass is 16.1. The molecule has 0 aromatic heterocycles. The van der Waals surface area contributed by atoms with Gasteiger partial charge in [0.05, 0.1) is 0 Å². The van der Waals surface area contributed by atoms with Crippen LogP contribution < -0.4 is 5.73 Å². The molecule has 0 spiro atoms. The largest absolute Gasteiger partial charge is 0.398 e. The number of anilines is 1. The van der Waals surface area contributed by atoms with Gasteiger partial charge in [-0.05, 0) is 26.0 Å². The van der Waals surface area contributed by atoms with Crippen LogP contribution in [0.5, 0.6) is 0 Å². The van der Waals surface area contributed by atoms with Crippen molar-refractivity contribution in [1.82, 2.24) is 0 Å². The highest BCUT2D eigenvalue weighted by molar-refractivity contribution is 6.08. The number of nitrogens with two attached hydrogens (primary N) is 1. The molecule has 0 bridgehead atoms. The van der Waals surface area contributed by atoms with Gasteiger partial charge in [0.1, 0.15) is 0 Å². The summed E-state index contributed by atoms with van der Waals surface area (Å²) in [6.07, 6.45) is 5.22. The summed E-state index contributed by atoms with van der Waals surface area (Å²) in [5.74, 6) is 1.97. The van der Waals surface area contributed by atoms with E-state index in [4.69, 9.17) is 12.2 Å². The summed E-state index contributed by atoms with van der Waals surface area (Å²) in [5.41, 5.74) is 7.05. The zero-order valence-electron chi connectivity index (χ0n) is 8.63. The summed E-state index contributed by atoms with van der Waals surface area (Å²) < 4.78 is 0. The third kappa shape index (κ3) is 2.05. The van der Waals surface area contributed by atoms with E-state index in [-0.39, 0.29) is 11.6 Å². The van der Waals surface area contributed by atoms with Crippen molar-refractivity contribution in [2.24, 2.45) is 0 Å². The van der Waals surface area contributed by atoms with Gasteiger partial charge in [-0.3, -0.25) is 9.59 Å². The molecule has 3 nitrogen and oxygen atoms in total. The summed E-state index contributed by atoms with van der Waals surface area (Å²) >= 11 is 0. The first-order valence-electron chi connectivity index (χ1n) is 4.39. The minimum Gasteiger partial charge on any atom is -0.398 e. The Kier molecular flexibility index (Phi) is 2.91. The summed E-state index contributed by atoms with van der Waals surface area (Å²) in [7, 11) is 0. The van der Waals surface area contributed by atoms with Crippen molar-refractivity contribution in [3.05, 3.63) is 28.8 Å². The molecule has 0 saturated carbocycles. The second kappa shape index (κ2) is 3.97. The maximum Gasteiger partial charge on any atom is 0.160 e. The standard InChI is InChI=1S/C12H11NO2/c1-4-9-5-10(7(2)14)11(8(3)15)6-12(9)13/h1,5-6H,13H2,2-3H3. The van der Waals surface area contributed by atoms with Crippen molar-refractivity contribution < 1.29 is 9.59 Å². The van der Waals surface area contributed by atoms with Crippen molar-refractivity contribution in [2.75, 3.05) is 5.73 Å². The average Bonchev–Trinajstić information content (AvgIpc) is 2.16. The first kappa shape index (κ1) is 11.0. The first-order chi connectivity index (χ1) is 6.97. The number of benzene rings is 1. The van der Waals surface area contributed by atoms with Crippen molar-refractivity contribution >= 4 is 17.3 Å². The second-order valence-electron chi connectivity index (χ2n) is 3.24. The molecule has 1 aromatic carbocycles. The van der Waals surface area contributed by atoms with Crippen LogP contribution in [0.4, 0.5) is 5.69 Å². The van der Waals surface area contributed by atoms with Crippen LogP contribution in [0.15, 0.2) is 12.1 Å². The van der Waals surface area contributed by atoms with Crippen LogP contribution in [0, 0.1) is 12.3 Å². The molecule has 0 aliphatic rings. The Bertz CT molecular complexity index is 481. The van der Waals surface area contributed by atoms with Crippen molar-refractivity contribution in [3.63, 3.8) is 0 Å². The fraction of sp³-hybridized carbons (Fsp3) is 0.167. The summed E-state index contributed by atoms with van der Waals surface area (Å²) in [6, 6.07) is 2.93. The normalized spacial score (nSPS) is 9.40. The molecule has 0 saturated heterocycles. The van der Waals surface area contributed by atoms with Gasteiger partial charge < -0.3 is 5.73 Å². The Hall–Kier alpha value is -2.08. The molecule has 0 heterocycles. The molecular formula is C12H11NO2. The van der Waals surface area contributed by atoms with E-state index in [1.54, 1.807) is 0 Å². The Morgan fingerprint density at radius 2 is 1.67 bits per heavy atom. The second-order valence-corrected chi connectivity index (χ2v) is 3.24. The lowest BCUT2D eigenvalue weighted by Gasteiger charge is -2.07. The van der Waals surface area contributed by atoms with Gasteiger partial charge in [0.2, 0.25) is 0 Å². The highest BCUT2D eigenvalue weighted by Crippen LogP contribution is 2.19. The maximum atomic E-state index is 11.3. The minimum atomic E-state index is -0.199. The quantitative estimate of drug-likeness (QED) is 0.449. The molecule has 3 heteroatoms. The highest BCUT2D eigenvalue weighted by Gasteiger charge is 2.13. The van der Waals surface area contributed by atoms with Gasteiger partial charge >= 0.3 is 0 Å². The van der Waals surface area contributed by atoms with Crippen LogP contribution in [0.2, 0.25) is 0 Å². The van der Waals surface area contributed by atoms with E-state index in [1.165, 1.54) is 26.0 Å². The number of carbonyl (C=O) groups excluding carboxylic acids is 2. The van der Waals surface area contributed by atoms with E-state index in [0.29, 0.717) is 22.4 Å². The number of hydrogen-bond donors (Lipinski definition) is 1. The van der Waals surface area contributed by atoms with Crippen molar-refractivity contribution in [3.8, 4) is 12.3 Å². The third-order valence-electron chi connectivity index (χ3n) is 2.10. The van der Waals surface area contributed by atoms with Crippen LogP contribution in [-0.2, 0) is 0 Å². The smallest absolute Gasteiger partial charge is 0.160 e.